The summed E-state index contributed by atoms with van der Waals surface area (Å²) < 4.78 is 6.47. The Bertz CT molecular complexity index is 602. The fourth-order valence-corrected chi connectivity index (χ4v) is 7.15. The lowest BCUT2D eigenvalue weighted by Gasteiger charge is -2.56. The molecule has 4 aliphatic carbocycles. The first kappa shape index (κ1) is 19.1. The Kier molecular flexibility index (Phi) is 5.51. The third-order valence-electron chi connectivity index (χ3n) is 8.11. The molecule has 5 fully saturated rings. The molecule has 1 aliphatic heterocycles. The Hall–Kier alpha value is -0.900. The third-order valence-corrected chi connectivity index (χ3v) is 8.11. The van der Waals surface area contributed by atoms with Crippen LogP contribution < -0.4 is 0 Å². The molecule has 0 unspecified atom stereocenters. The van der Waals surface area contributed by atoms with E-state index in [0.717, 1.165) is 43.3 Å². The van der Waals surface area contributed by atoms with Crippen molar-refractivity contribution >= 4 is 0 Å². The zero-order valence-corrected chi connectivity index (χ0v) is 17.3. The van der Waals surface area contributed by atoms with Crippen LogP contribution in [0.3, 0.4) is 0 Å². The summed E-state index contributed by atoms with van der Waals surface area (Å²) in [6.07, 6.45) is 11.5. The zero-order chi connectivity index (χ0) is 19.0. The highest BCUT2D eigenvalue weighted by molar-refractivity contribution is 5.15. The molecular formula is C25H37NO2. The van der Waals surface area contributed by atoms with Crippen LogP contribution in [-0.2, 0) is 11.2 Å². The van der Waals surface area contributed by atoms with E-state index in [-0.39, 0.29) is 11.7 Å². The molecule has 0 radical (unpaired) electrons. The molecule has 28 heavy (non-hydrogen) atoms. The van der Waals surface area contributed by atoms with Crippen LogP contribution in [0.5, 0.6) is 0 Å². The summed E-state index contributed by atoms with van der Waals surface area (Å²) in [6, 6.07) is 10.9. The predicted molar refractivity (Wildman–Crippen MR) is 112 cm³/mol. The van der Waals surface area contributed by atoms with E-state index in [1.807, 2.05) is 0 Å². The first-order valence-electron chi connectivity index (χ1n) is 11.7. The van der Waals surface area contributed by atoms with Gasteiger partial charge in [0.2, 0.25) is 0 Å². The average Bonchev–Trinajstić information content (AvgIpc) is 2.68. The number of rotatable bonds is 7. The number of ether oxygens (including phenoxy) is 1. The molecule has 3 heteroatoms. The van der Waals surface area contributed by atoms with Crippen molar-refractivity contribution in [3.05, 3.63) is 35.9 Å². The maximum absolute atomic E-state index is 10.6. The number of benzene rings is 1. The van der Waals surface area contributed by atoms with Gasteiger partial charge >= 0.3 is 0 Å². The maximum atomic E-state index is 10.6. The van der Waals surface area contributed by atoms with Gasteiger partial charge in [-0.05, 0) is 100 Å². The van der Waals surface area contributed by atoms with Crippen LogP contribution in [0, 0.1) is 23.7 Å². The van der Waals surface area contributed by atoms with Crippen LogP contribution in [0.15, 0.2) is 30.3 Å². The van der Waals surface area contributed by atoms with Crippen LogP contribution in [0.4, 0.5) is 0 Å². The highest BCUT2D eigenvalue weighted by Gasteiger charge is 2.51. The van der Waals surface area contributed by atoms with Gasteiger partial charge in [0.25, 0.3) is 0 Å². The summed E-state index contributed by atoms with van der Waals surface area (Å²) in [5.74, 6) is 3.52. The Morgan fingerprint density at radius 2 is 1.57 bits per heavy atom. The minimum Gasteiger partial charge on any atom is -0.389 e. The second kappa shape index (κ2) is 8.08. The van der Waals surface area contributed by atoms with Gasteiger partial charge in [-0.1, -0.05) is 30.3 Å². The second-order valence-corrected chi connectivity index (χ2v) is 10.5. The molecule has 4 saturated carbocycles. The number of aliphatic hydroxyl groups is 1. The predicted octanol–water partition coefficient (Wildman–Crippen LogP) is 4.29. The fraction of sp³-hybridized carbons (Fsp3) is 0.760. The van der Waals surface area contributed by atoms with Gasteiger partial charge in [0, 0.05) is 6.54 Å². The molecule has 154 valence electrons. The van der Waals surface area contributed by atoms with Gasteiger partial charge < -0.3 is 14.7 Å². The largest absolute Gasteiger partial charge is 0.389 e. The maximum Gasteiger partial charge on any atom is 0.0900 e. The van der Waals surface area contributed by atoms with E-state index in [1.165, 1.54) is 63.4 Å². The summed E-state index contributed by atoms with van der Waals surface area (Å²) >= 11 is 0. The normalized spacial score (nSPS) is 36.7. The smallest absolute Gasteiger partial charge is 0.0900 e. The van der Waals surface area contributed by atoms with E-state index in [4.69, 9.17) is 4.74 Å². The molecule has 1 aromatic carbocycles. The number of likely N-dealkylation sites (tertiary alicyclic amines) is 1. The molecule has 1 heterocycles. The lowest BCUT2D eigenvalue weighted by Crippen LogP contribution is -2.53. The van der Waals surface area contributed by atoms with Gasteiger partial charge in [-0.15, -0.1) is 0 Å². The average molecular weight is 384 g/mol. The topological polar surface area (TPSA) is 32.7 Å². The van der Waals surface area contributed by atoms with Crippen molar-refractivity contribution < 1.29 is 9.84 Å². The molecule has 0 spiro atoms. The monoisotopic (exact) mass is 383 g/mol. The summed E-state index contributed by atoms with van der Waals surface area (Å²) in [7, 11) is 0. The van der Waals surface area contributed by atoms with Crippen molar-refractivity contribution in [2.45, 2.75) is 69.5 Å². The fourth-order valence-electron chi connectivity index (χ4n) is 7.15. The molecule has 0 amide bonds. The Balaban J connectivity index is 1.05. The molecule has 5 aliphatic rings. The van der Waals surface area contributed by atoms with Crippen LogP contribution in [0.2, 0.25) is 0 Å². The third kappa shape index (κ3) is 4.32. The van der Waals surface area contributed by atoms with Gasteiger partial charge in [-0.25, -0.2) is 0 Å². The number of β-amino-alcohol motifs (C(OH)–C–C–N with tert-alkyl or cyclic N) is 1. The molecule has 1 N–H and O–H groups in total. The highest BCUT2D eigenvalue weighted by Crippen LogP contribution is 2.57. The van der Waals surface area contributed by atoms with Crippen molar-refractivity contribution in [2.24, 2.45) is 23.7 Å². The van der Waals surface area contributed by atoms with Crippen LogP contribution in [0.25, 0.3) is 0 Å². The van der Waals surface area contributed by atoms with Crippen molar-refractivity contribution in [1.29, 1.82) is 0 Å². The van der Waals surface area contributed by atoms with E-state index in [0.29, 0.717) is 6.61 Å². The summed E-state index contributed by atoms with van der Waals surface area (Å²) in [4.78, 5) is 2.45. The molecule has 3 nitrogen and oxygen atoms in total. The van der Waals surface area contributed by atoms with Gasteiger partial charge in [0.1, 0.15) is 0 Å². The second-order valence-electron chi connectivity index (χ2n) is 10.5. The minimum atomic E-state index is -0.335. The van der Waals surface area contributed by atoms with Crippen LogP contribution >= 0.6 is 0 Å². The number of nitrogens with zero attached hydrogens (tertiary/aromatic N) is 1. The Labute approximate surface area is 170 Å². The van der Waals surface area contributed by atoms with Crippen molar-refractivity contribution in [1.82, 2.24) is 4.90 Å². The van der Waals surface area contributed by atoms with Crippen molar-refractivity contribution in [3.8, 4) is 0 Å². The van der Waals surface area contributed by atoms with E-state index in [9.17, 15) is 5.11 Å². The lowest BCUT2D eigenvalue weighted by atomic mass is 9.54. The van der Waals surface area contributed by atoms with Crippen LogP contribution in [-0.4, -0.2) is 48.0 Å². The Morgan fingerprint density at radius 1 is 0.964 bits per heavy atom. The quantitative estimate of drug-likeness (QED) is 0.762. The molecular weight excluding hydrogens is 346 g/mol. The highest BCUT2D eigenvalue weighted by atomic mass is 16.5. The molecule has 1 saturated heterocycles. The number of piperidine rings is 1. The number of hydrogen-bond donors (Lipinski definition) is 1. The van der Waals surface area contributed by atoms with Crippen molar-refractivity contribution in [3.63, 3.8) is 0 Å². The Morgan fingerprint density at radius 3 is 2.18 bits per heavy atom. The zero-order valence-electron chi connectivity index (χ0n) is 17.3. The van der Waals surface area contributed by atoms with Gasteiger partial charge in [-0.3, -0.25) is 0 Å². The summed E-state index contributed by atoms with van der Waals surface area (Å²) in [5, 5.41) is 10.6. The molecule has 1 aromatic rings. The molecule has 4 bridgehead atoms. The summed E-state index contributed by atoms with van der Waals surface area (Å²) in [6.45, 7) is 3.55. The number of hydrogen-bond acceptors (Lipinski definition) is 3. The first-order valence-corrected chi connectivity index (χ1v) is 11.7. The van der Waals surface area contributed by atoms with E-state index in [2.05, 4.69) is 35.2 Å². The molecule has 0 aromatic heterocycles. The lowest BCUT2D eigenvalue weighted by molar-refractivity contribution is -0.176. The SMILES string of the molecule is O[C@@H](COC12CC3CC(CC(C3)C1)C2)CN1CCC(Cc2ccccc2)CC1. The van der Waals surface area contributed by atoms with Crippen LogP contribution in [0.1, 0.15) is 56.9 Å². The van der Waals surface area contributed by atoms with Gasteiger partial charge in [-0.2, -0.15) is 0 Å². The molecule has 1 atom stereocenters. The van der Waals surface area contributed by atoms with Gasteiger partial charge in [0.05, 0.1) is 18.3 Å². The van der Waals surface area contributed by atoms with Crippen molar-refractivity contribution in [2.75, 3.05) is 26.2 Å². The van der Waals surface area contributed by atoms with Gasteiger partial charge in [0.15, 0.2) is 0 Å². The number of aliphatic hydroxyl groups excluding tert-OH is 1. The minimum absolute atomic E-state index is 0.123. The van der Waals surface area contributed by atoms with E-state index >= 15 is 0 Å². The summed E-state index contributed by atoms with van der Waals surface area (Å²) in [5.41, 5.74) is 1.59. The van der Waals surface area contributed by atoms with E-state index < -0.39 is 0 Å². The first-order chi connectivity index (χ1) is 13.7. The molecule has 6 rings (SSSR count). The van der Waals surface area contributed by atoms with E-state index in [1.54, 1.807) is 0 Å². The standard InChI is InChI=1S/C25H37NO2/c27-24(18-28-25-14-21-11-22(15-25)13-23(12-21)16-25)17-26-8-6-20(7-9-26)10-19-4-2-1-3-5-19/h1-5,20-24,27H,6-18H2/t21?,22?,23?,24-,25?/m1/s1.